The zero-order chi connectivity index (χ0) is 21.2. The van der Waals surface area contributed by atoms with E-state index in [2.05, 4.69) is 48.0 Å². The van der Waals surface area contributed by atoms with Crippen LogP contribution in [0.3, 0.4) is 0 Å². The number of thioether (sulfide) groups is 1. The second-order valence-corrected chi connectivity index (χ2v) is 8.24. The first-order chi connectivity index (χ1) is 14.0. The number of methoxy groups -OCH3 is 1. The summed E-state index contributed by atoms with van der Waals surface area (Å²) in [7, 11) is 5.93. The molecule has 0 spiro atoms. The van der Waals surface area contributed by atoms with Gasteiger partial charge in [-0.05, 0) is 24.1 Å². The van der Waals surface area contributed by atoms with E-state index in [9.17, 15) is 4.79 Å². The molecular formula is C21H34N5O2S+. The summed E-state index contributed by atoms with van der Waals surface area (Å²) in [5.74, 6) is 2.14. The number of carbonyl (C=O) groups excluding carboxylic acids is 1. The predicted molar refractivity (Wildman–Crippen MR) is 116 cm³/mol. The molecule has 0 aliphatic rings. The van der Waals surface area contributed by atoms with Crippen LogP contribution >= 0.6 is 11.8 Å². The van der Waals surface area contributed by atoms with Crippen molar-refractivity contribution in [1.82, 2.24) is 20.1 Å². The number of amides is 1. The maximum atomic E-state index is 12.3. The molecule has 1 amide bonds. The molecule has 0 unspecified atom stereocenters. The predicted octanol–water partition coefficient (Wildman–Crippen LogP) is 2.09. The molecule has 0 aliphatic carbocycles. The van der Waals surface area contributed by atoms with Crippen molar-refractivity contribution in [1.29, 1.82) is 0 Å². The number of quaternary nitrogens is 1. The fraction of sp³-hybridized carbons (Fsp3) is 0.571. The number of benzene rings is 1. The second-order valence-electron chi connectivity index (χ2n) is 7.30. The van der Waals surface area contributed by atoms with Crippen molar-refractivity contribution in [2.75, 3.05) is 27.0 Å². The molecule has 0 saturated heterocycles. The number of aromatic nitrogens is 3. The maximum Gasteiger partial charge on any atom is 0.230 e. The minimum atomic E-state index is -0.0114. The molecule has 8 heteroatoms. The summed E-state index contributed by atoms with van der Waals surface area (Å²) in [6, 6.07) is 8.00. The summed E-state index contributed by atoms with van der Waals surface area (Å²) < 4.78 is 7.36. The highest BCUT2D eigenvalue weighted by Crippen LogP contribution is 2.21. The highest BCUT2D eigenvalue weighted by Gasteiger charge is 2.24. The molecule has 2 rings (SSSR count). The molecule has 0 aliphatic heterocycles. The van der Waals surface area contributed by atoms with Gasteiger partial charge in [-0.1, -0.05) is 44.2 Å². The van der Waals surface area contributed by atoms with Crippen LogP contribution in [0.25, 0.3) is 0 Å². The van der Waals surface area contributed by atoms with Gasteiger partial charge in [-0.3, -0.25) is 4.79 Å². The van der Waals surface area contributed by atoms with Crippen LogP contribution in [-0.4, -0.2) is 47.6 Å². The van der Waals surface area contributed by atoms with E-state index < -0.39 is 0 Å². The largest absolute Gasteiger partial charge is 0.497 e. The molecule has 7 nitrogen and oxygen atoms in total. The third kappa shape index (κ3) is 6.75. The number of carbonyl (C=O) groups is 1. The van der Waals surface area contributed by atoms with E-state index in [4.69, 9.17) is 4.74 Å². The Morgan fingerprint density at radius 3 is 2.55 bits per heavy atom. The van der Waals surface area contributed by atoms with Crippen LogP contribution in [0.1, 0.15) is 50.5 Å². The van der Waals surface area contributed by atoms with Crippen molar-refractivity contribution in [2.24, 2.45) is 0 Å². The molecule has 2 aromatic rings. The lowest BCUT2D eigenvalue weighted by Gasteiger charge is -2.20. The molecule has 0 bridgehead atoms. The van der Waals surface area contributed by atoms with Crippen molar-refractivity contribution >= 4 is 17.7 Å². The fourth-order valence-electron chi connectivity index (χ4n) is 3.17. The lowest BCUT2D eigenvalue weighted by atomic mass is 10.2. The van der Waals surface area contributed by atoms with Gasteiger partial charge < -0.3 is 19.5 Å². The van der Waals surface area contributed by atoms with Gasteiger partial charge in [0.15, 0.2) is 11.0 Å². The van der Waals surface area contributed by atoms with E-state index in [-0.39, 0.29) is 5.91 Å². The van der Waals surface area contributed by atoms with Gasteiger partial charge in [0.2, 0.25) is 5.91 Å². The Labute approximate surface area is 178 Å². The van der Waals surface area contributed by atoms with E-state index in [0.29, 0.717) is 18.3 Å². The Morgan fingerprint density at radius 1 is 1.24 bits per heavy atom. The molecule has 1 aromatic heterocycles. The van der Waals surface area contributed by atoms with Gasteiger partial charge in [-0.2, -0.15) is 0 Å². The average molecular weight is 421 g/mol. The zero-order valence-electron chi connectivity index (χ0n) is 18.2. The van der Waals surface area contributed by atoms with E-state index in [0.717, 1.165) is 48.1 Å². The minimum Gasteiger partial charge on any atom is -0.497 e. The average Bonchev–Trinajstić information content (AvgIpc) is 3.12. The summed E-state index contributed by atoms with van der Waals surface area (Å²) in [4.78, 5) is 13.7. The summed E-state index contributed by atoms with van der Waals surface area (Å²) in [5, 5.41) is 12.7. The molecule has 29 heavy (non-hydrogen) atoms. The van der Waals surface area contributed by atoms with Gasteiger partial charge in [-0.25, -0.2) is 0 Å². The van der Waals surface area contributed by atoms with E-state index >= 15 is 0 Å². The van der Waals surface area contributed by atoms with E-state index in [1.165, 1.54) is 16.7 Å². The number of hydrogen-bond acceptors (Lipinski definition) is 5. The highest BCUT2D eigenvalue weighted by atomic mass is 32.2. The summed E-state index contributed by atoms with van der Waals surface area (Å²) in [6.45, 7) is 5.74. The Kier molecular flexibility index (Phi) is 9.47. The van der Waals surface area contributed by atoms with Crippen molar-refractivity contribution < 1.29 is 14.4 Å². The number of hydrogen-bond donors (Lipinski definition) is 2. The number of nitrogens with one attached hydrogen (secondary N) is 2. The topological polar surface area (TPSA) is 73.5 Å². The lowest BCUT2D eigenvalue weighted by molar-refractivity contribution is -0.893. The van der Waals surface area contributed by atoms with Crippen LogP contribution in [0.15, 0.2) is 29.4 Å². The molecule has 1 heterocycles. The van der Waals surface area contributed by atoms with Crippen LogP contribution in [0, 0.1) is 0 Å². The molecule has 160 valence electrons. The Morgan fingerprint density at radius 2 is 1.97 bits per heavy atom. The van der Waals surface area contributed by atoms with E-state index in [1.54, 1.807) is 7.11 Å². The van der Waals surface area contributed by atoms with Gasteiger partial charge in [0.05, 0.1) is 27.0 Å². The normalized spacial score (nSPS) is 12.2. The number of rotatable bonds is 12. The molecule has 0 fully saturated rings. The first-order valence-electron chi connectivity index (χ1n) is 10.3. The van der Waals surface area contributed by atoms with Crippen molar-refractivity contribution in [2.45, 2.75) is 57.4 Å². The Balaban J connectivity index is 1.97. The maximum absolute atomic E-state index is 12.3. The SMILES string of the molecule is CCCCn1c(SCC(=O)NCc2ccc(OC)cc2)nnc1[C@@H](CC)[NH+](C)C. The minimum absolute atomic E-state index is 0.0114. The van der Waals surface area contributed by atoms with Crippen LogP contribution < -0.4 is 15.0 Å². The molecular weight excluding hydrogens is 386 g/mol. The van der Waals surface area contributed by atoms with Gasteiger partial charge in [0.1, 0.15) is 11.8 Å². The fourth-order valence-corrected chi connectivity index (χ4v) is 3.97. The second kappa shape index (κ2) is 11.8. The smallest absolute Gasteiger partial charge is 0.230 e. The molecule has 1 aromatic carbocycles. The van der Waals surface area contributed by atoms with Crippen LogP contribution in [0.5, 0.6) is 5.75 Å². The quantitative estimate of drug-likeness (QED) is 0.515. The lowest BCUT2D eigenvalue weighted by Crippen LogP contribution is -3.06. The highest BCUT2D eigenvalue weighted by molar-refractivity contribution is 7.99. The Bertz CT molecular complexity index is 761. The number of nitrogens with zero attached hydrogens (tertiary/aromatic N) is 3. The van der Waals surface area contributed by atoms with Gasteiger partial charge in [0.25, 0.3) is 0 Å². The summed E-state index contributed by atoms with van der Waals surface area (Å²) in [5.41, 5.74) is 1.04. The molecule has 2 N–H and O–H groups in total. The standard InChI is InChI=1S/C21H33N5O2S/c1-6-8-13-26-20(18(7-2)25(3)4)23-24-21(26)29-15-19(27)22-14-16-9-11-17(28-5)12-10-16/h9-12,18H,6-8,13-15H2,1-5H3,(H,22,27)/p+1/t18-/m1/s1. The summed E-state index contributed by atoms with van der Waals surface area (Å²) in [6.07, 6.45) is 3.18. The van der Waals surface area contributed by atoms with Gasteiger partial charge in [-0.15, -0.1) is 10.2 Å². The molecule has 0 saturated carbocycles. The molecule has 1 atom stereocenters. The number of unbranched alkanes of at least 4 members (excludes halogenated alkanes) is 1. The monoisotopic (exact) mass is 420 g/mol. The third-order valence-corrected chi connectivity index (χ3v) is 5.85. The van der Waals surface area contributed by atoms with Crippen molar-refractivity contribution in [3.05, 3.63) is 35.7 Å². The van der Waals surface area contributed by atoms with Crippen molar-refractivity contribution in [3.8, 4) is 5.75 Å². The van der Waals surface area contributed by atoms with Crippen molar-refractivity contribution in [3.63, 3.8) is 0 Å². The zero-order valence-corrected chi connectivity index (χ0v) is 19.0. The van der Waals surface area contributed by atoms with Crippen LogP contribution in [0.2, 0.25) is 0 Å². The van der Waals surface area contributed by atoms with E-state index in [1.807, 2.05) is 24.3 Å². The number of ether oxygens (including phenoxy) is 1. The Hall–Kier alpha value is -2.06. The van der Waals surface area contributed by atoms with Gasteiger partial charge in [0, 0.05) is 19.5 Å². The van der Waals surface area contributed by atoms with Gasteiger partial charge >= 0.3 is 0 Å². The first kappa shape index (κ1) is 23.2. The summed E-state index contributed by atoms with van der Waals surface area (Å²) >= 11 is 1.46. The third-order valence-electron chi connectivity index (χ3n) is 4.88. The molecule has 0 radical (unpaired) electrons. The first-order valence-corrected chi connectivity index (χ1v) is 11.2. The van der Waals surface area contributed by atoms with Crippen LogP contribution in [0.4, 0.5) is 0 Å². The van der Waals surface area contributed by atoms with Crippen LogP contribution in [-0.2, 0) is 17.9 Å².